The molecule has 2 heterocycles. The first-order valence-electron chi connectivity index (χ1n) is 7.17. The van der Waals surface area contributed by atoms with Gasteiger partial charge >= 0.3 is 0 Å². The van der Waals surface area contributed by atoms with Crippen molar-refractivity contribution < 1.29 is 4.92 Å². The smallest absolute Gasteiger partial charge is 0.246 e. The molecular formula is C16H20N2O2. The molecule has 2 aliphatic heterocycles. The second kappa shape index (κ2) is 4.62. The zero-order valence-corrected chi connectivity index (χ0v) is 12.0. The Balaban J connectivity index is 2.12. The molecule has 106 valence electrons. The minimum atomic E-state index is -0.572. The fraction of sp³-hybridized carbons (Fsp3) is 0.500. The predicted octanol–water partition coefficient (Wildman–Crippen LogP) is 3.19. The molecule has 1 aromatic rings. The normalized spacial score (nSPS) is 32.7. The van der Waals surface area contributed by atoms with Gasteiger partial charge in [0, 0.05) is 11.5 Å². The van der Waals surface area contributed by atoms with Crippen LogP contribution >= 0.6 is 0 Å². The third-order valence-electron chi connectivity index (χ3n) is 4.93. The second-order valence-corrected chi connectivity index (χ2v) is 6.15. The van der Waals surface area contributed by atoms with Crippen LogP contribution in [0.3, 0.4) is 0 Å². The summed E-state index contributed by atoms with van der Waals surface area (Å²) in [6, 6.07) is 9.32. The Bertz CT molecular complexity index is 555. The predicted molar refractivity (Wildman–Crippen MR) is 78.1 cm³/mol. The summed E-state index contributed by atoms with van der Waals surface area (Å²) in [5.74, 6) is -0.120. The Morgan fingerprint density at radius 3 is 2.70 bits per heavy atom. The zero-order chi connectivity index (χ0) is 14.3. The fourth-order valence-electron chi connectivity index (χ4n) is 3.92. The van der Waals surface area contributed by atoms with Crippen LogP contribution in [0.1, 0.15) is 38.2 Å². The molecule has 0 saturated carbocycles. The number of fused-ring (bicyclic) bond motifs is 1. The van der Waals surface area contributed by atoms with E-state index in [1.165, 1.54) is 0 Å². The van der Waals surface area contributed by atoms with Gasteiger partial charge in [-0.25, -0.2) is 0 Å². The summed E-state index contributed by atoms with van der Waals surface area (Å²) < 4.78 is 0. The van der Waals surface area contributed by atoms with Crippen LogP contribution in [0, 0.1) is 10.1 Å². The quantitative estimate of drug-likeness (QED) is 0.613. The lowest BCUT2D eigenvalue weighted by Crippen LogP contribution is -2.57. The van der Waals surface area contributed by atoms with Gasteiger partial charge in [0.1, 0.15) is 5.54 Å². The molecule has 4 heteroatoms. The van der Waals surface area contributed by atoms with Crippen LogP contribution in [0.15, 0.2) is 42.1 Å². The van der Waals surface area contributed by atoms with Crippen LogP contribution in [0.5, 0.6) is 0 Å². The van der Waals surface area contributed by atoms with Gasteiger partial charge in [0.2, 0.25) is 6.04 Å². The van der Waals surface area contributed by atoms with E-state index in [0.29, 0.717) is 0 Å². The van der Waals surface area contributed by atoms with E-state index in [2.05, 4.69) is 11.1 Å². The molecule has 0 radical (unpaired) electrons. The van der Waals surface area contributed by atoms with Crippen molar-refractivity contribution in [3.63, 3.8) is 0 Å². The van der Waals surface area contributed by atoms with Crippen molar-refractivity contribution in [3.05, 3.63) is 57.8 Å². The summed E-state index contributed by atoms with van der Waals surface area (Å²) in [5.41, 5.74) is 1.79. The highest BCUT2D eigenvalue weighted by Crippen LogP contribution is 2.46. The lowest BCUT2D eigenvalue weighted by Gasteiger charge is -2.44. The van der Waals surface area contributed by atoms with Gasteiger partial charge in [-0.2, -0.15) is 0 Å². The van der Waals surface area contributed by atoms with Crippen LogP contribution in [0.2, 0.25) is 0 Å². The number of benzene rings is 1. The molecule has 0 amide bonds. The van der Waals surface area contributed by atoms with Gasteiger partial charge in [-0.15, -0.1) is 0 Å². The van der Waals surface area contributed by atoms with Crippen LogP contribution in [-0.4, -0.2) is 27.9 Å². The highest BCUT2D eigenvalue weighted by molar-refractivity contribution is 5.34. The van der Waals surface area contributed by atoms with Gasteiger partial charge in [-0.1, -0.05) is 30.3 Å². The van der Waals surface area contributed by atoms with Gasteiger partial charge in [0.25, 0.3) is 0 Å². The summed E-state index contributed by atoms with van der Waals surface area (Å²) >= 11 is 0. The molecule has 0 spiro atoms. The number of nitrogens with zero attached hydrogens (tertiary/aromatic N) is 2. The minimum Gasteiger partial charge on any atom is -0.365 e. The lowest BCUT2D eigenvalue weighted by molar-refractivity contribution is -0.541. The SMILES string of the molecule is CC1=CN2CCC[C@]2(C)[C@@H]([N+](=O)[O-])[C@@H]1c1ccccc1. The molecule has 0 unspecified atom stereocenters. The number of hydrogen-bond donors (Lipinski definition) is 0. The van der Waals surface area contributed by atoms with Crippen LogP contribution in [0.25, 0.3) is 0 Å². The first-order chi connectivity index (χ1) is 9.54. The van der Waals surface area contributed by atoms with Crippen molar-refractivity contribution >= 4 is 0 Å². The number of rotatable bonds is 2. The Morgan fingerprint density at radius 1 is 1.35 bits per heavy atom. The molecule has 0 aromatic heterocycles. The average molecular weight is 272 g/mol. The van der Waals surface area contributed by atoms with E-state index in [4.69, 9.17) is 0 Å². The maximum absolute atomic E-state index is 11.8. The minimum absolute atomic E-state index is 0.0630. The Hall–Kier alpha value is -1.84. The molecule has 1 saturated heterocycles. The first-order valence-corrected chi connectivity index (χ1v) is 7.17. The van der Waals surface area contributed by atoms with Gasteiger partial charge < -0.3 is 4.90 Å². The molecule has 0 aliphatic carbocycles. The summed E-state index contributed by atoms with van der Waals surface area (Å²) in [7, 11) is 0. The Morgan fingerprint density at radius 2 is 2.05 bits per heavy atom. The second-order valence-electron chi connectivity index (χ2n) is 6.15. The molecule has 1 aromatic carbocycles. The molecule has 0 N–H and O–H groups in total. The van der Waals surface area contributed by atoms with E-state index in [9.17, 15) is 10.1 Å². The fourth-order valence-corrected chi connectivity index (χ4v) is 3.92. The van der Waals surface area contributed by atoms with Crippen LogP contribution in [0.4, 0.5) is 0 Å². The molecular weight excluding hydrogens is 252 g/mol. The molecule has 2 aliphatic rings. The van der Waals surface area contributed by atoms with Crippen LogP contribution < -0.4 is 0 Å². The van der Waals surface area contributed by atoms with E-state index < -0.39 is 6.04 Å². The standard InChI is InChI=1S/C16H20N2O2/c1-12-11-17-10-6-9-16(17,2)15(18(19)20)14(12)13-7-4-3-5-8-13/h3-5,7-8,11,14-15H,6,9-10H2,1-2H3/t14-,15-,16+/m0/s1. The van der Waals surface area contributed by atoms with Crippen molar-refractivity contribution in [3.8, 4) is 0 Å². The van der Waals surface area contributed by atoms with Gasteiger partial charge in [-0.05, 0) is 44.0 Å². The Kier molecular flexibility index (Phi) is 3.04. The van der Waals surface area contributed by atoms with Crippen molar-refractivity contribution in [2.24, 2.45) is 0 Å². The maximum Gasteiger partial charge on any atom is 0.246 e. The molecule has 4 nitrogen and oxygen atoms in total. The summed E-state index contributed by atoms with van der Waals surface area (Å²) in [6.45, 7) is 5.00. The molecule has 3 rings (SSSR count). The van der Waals surface area contributed by atoms with Crippen LogP contribution in [-0.2, 0) is 0 Å². The Labute approximate surface area is 119 Å². The van der Waals surface area contributed by atoms with E-state index in [-0.39, 0.29) is 16.4 Å². The number of hydrogen-bond acceptors (Lipinski definition) is 3. The van der Waals surface area contributed by atoms with Crippen molar-refractivity contribution in [1.82, 2.24) is 4.90 Å². The summed E-state index contributed by atoms with van der Waals surface area (Å²) in [6.07, 6.45) is 4.07. The average Bonchev–Trinajstić information content (AvgIpc) is 2.79. The molecule has 20 heavy (non-hydrogen) atoms. The first kappa shape index (κ1) is 13.2. The van der Waals surface area contributed by atoms with E-state index in [1.54, 1.807) is 0 Å². The van der Waals surface area contributed by atoms with E-state index in [0.717, 1.165) is 30.5 Å². The topological polar surface area (TPSA) is 46.4 Å². The van der Waals surface area contributed by atoms with E-state index >= 15 is 0 Å². The summed E-state index contributed by atoms with van der Waals surface area (Å²) in [5, 5.41) is 11.8. The summed E-state index contributed by atoms with van der Waals surface area (Å²) in [4.78, 5) is 13.9. The molecule has 0 bridgehead atoms. The van der Waals surface area contributed by atoms with E-state index in [1.807, 2.05) is 44.2 Å². The largest absolute Gasteiger partial charge is 0.365 e. The lowest BCUT2D eigenvalue weighted by atomic mass is 9.73. The molecule has 1 fully saturated rings. The number of nitro groups is 1. The van der Waals surface area contributed by atoms with Crippen molar-refractivity contribution in [2.75, 3.05) is 6.54 Å². The van der Waals surface area contributed by atoms with Gasteiger partial charge in [0.05, 0.1) is 5.92 Å². The highest BCUT2D eigenvalue weighted by Gasteiger charge is 2.56. The third-order valence-corrected chi connectivity index (χ3v) is 4.93. The van der Waals surface area contributed by atoms with Gasteiger partial charge in [-0.3, -0.25) is 10.1 Å². The van der Waals surface area contributed by atoms with Crippen molar-refractivity contribution in [2.45, 2.75) is 44.2 Å². The van der Waals surface area contributed by atoms with Crippen molar-refractivity contribution in [1.29, 1.82) is 0 Å². The highest BCUT2D eigenvalue weighted by atomic mass is 16.6. The zero-order valence-electron chi connectivity index (χ0n) is 12.0. The maximum atomic E-state index is 11.8. The monoisotopic (exact) mass is 272 g/mol. The third kappa shape index (κ3) is 1.82. The van der Waals surface area contributed by atoms with Gasteiger partial charge in [0.15, 0.2) is 0 Å². The molecule has 3 atom stereocenters.